The standard InChI is InChI=1S/C10H18O7/c1-5(11)16-4-6-9(14-2)7(12)8(13)10(15-3)17-6/h6-10,12-13H,4H2,1-3H3/t6?,7-,8?,9-,10+/m0/s1. The number of rotatable bonds is 4. The Morgan fingerprint density at radius 3 is 2.35 bits per heavy atom. The summed E-state index contributed by atoms with van der Waals surface area (Å²) >= 11 is 0. The van der Waals surface area contributed by atoms with Gasteiger partial charge in [0, 0.05) is 21.1 Å². The second-order valence-electron chi connectivity index (χ2n) is 3.76. The molecule has 1 aliphatic heterocycles. The molecule has 0 aromatic rings. The van der Waals surface area contributed by atoms with Crippen LogP contribution in [0.2, 0.25) is 0 Å². The molecule has 7 nitrogen and oxygen atoms in total. The van der Waals surface area contributed by atoms with Gasteiger partial charge in [-0.05, 0) is 0 Å². The van der Waals surface area contributed by atoms with E-state index in [1.807, 2.05) is 0 Å². The lowest BCUT2D eigenvalue weighted by atomic mass is 9.99. The quantitative estimate of drug-likeness (QED) is 0.596. The lowest BCUT2D eigenvalue weighted by molar-refractivity contribution is -0.298. The van der Waals surface area contributed by atoms with Gasteiger partial charge in [0.25, 0.3) is 0 Å². The summed E-state index contributed by atoms with van der Waals surface area (Å²) in [5, 5.41) is 19.4. The number of carbonyl (C=O) groups excluding carboxylic acids is 1. The maximum absolute atomic E-state index is 10.7. The van der Waals surface area contributed by atoms with Crippen LogP contribution in [0, 0.1) is 0 Å². The molecule has 0 amide bonds. The predicted molar refractivity (Wildman–Crippen MR) is 55.1 cm³/mol. The van der Waals surface area contributed by atoms with Crippen molar-refractivity contribution in [3.05, 3.63) is 0 Å². The van der Waals surface area contributed by atoms with E-state index in [-0.39, 0.29) is 6.61 Å². The van der Waals surface area contributed by atoms with Crippen molar-refractivity contribution < 1.29 is 34.0 Å². The van der Waals surface area contributed by atoms with Crippen LogP contribution in [-0.4, -0.2) is 67.7 Å². The van der Waals surface area contributed by atoms with Crippen LogP contribution in [0.1, 0.15) is 6.92 Å². The number of hydrogen-bond acceptors (Lipinski definition) is 7. The van der Waals surface area contributed by atoms with Gasteiger partial charge in [-0.2, -0.15) is 0 Å². The molecule has 1 heterocycles. The summed E-state index contributed by atoms with van der Waals surface area (Å²) in [4.78, 5) is 10.7. The summed E-state index contributed by atoms with van der Waals surface area (Å²) in [7, 11) is 2.72. The zero-order chi connectivity index (χ0) is 13.0. The van der Waals surface area contributed by atoms with Crippen molar-refractivity contribution in [1.29, 1.82) is 0 Å². The van der Waals surface area contributed by atoms with Gasteiger partial charge < -0.3 is 29.2 Å². The number of methoxy groups -OCH3 is 2. The van der Waals surface area contributed by atoms with Gasteiger partial charge in [0.2, 0.25) is 0 Å². The summed E-state index contributed by atoms with van der Waals surface area (Å²) in [5.74, 6) is -0.460. The molecule has 1 rings (SSSR count). The Labute approximate surface area is 99.2 Å². The number of aliphatic hydroxyl groups excluding tert-OH is 2. The van der Waals surface area contributed by atoms with E-state index in [0.29, 0.717) is 0 Å². The third-order valence-electron chi connectivity index (χ3n) is 2.60. The first-order valence-electron chi connectivity index (χ1n) is 5.21. The van der Waals surface area contributed by atoms with E-state index in [4.69, 9.17) is 18.9 Å². The molecule has 100 valence electrons. The molecule has 17 heavy (non-hydrogen) atoms. The molecule has 1 fully saturated rings. The molecular formula is C10H18O7. The normalized spacial score (nSPS) is 37.8. The van der Waals surface area contributed by atoms with Crippen LogP contribution in [-0.2, 0) is 23.7 Å². The molecular weight excluding hydrogens is 232 g/mol. The van der Waals surface area contributed by atoms with E-state index < -0.39 is 36.7 Å². The molecule has 0 aromatic carbocycles. The molecule has 0 radical (unpaired) electrons. The maximum atomic E-state index is 10.7. The predicted octanol–water partition coefficient (Wildman–Crippen LogP) is -1.34. The van der Waals surface area contributed by atoms with Crippen molar-refractivity contribution in [3.8, 4) is 0 Å². The minimum absolute atomic E-state index is 0.0719. The van der Waals surface area contributed by atoms with Gasteiger partial charge in [0.1, 0.15) is 31.0 Å². The fourth-order valence-corrected chi connectivity index (χ4v) is 1.73. The number of aliphatic hydroxyl groups is 2. The molecule has 7 heteroatoms. The second-order valence-corrected chi connectivity index (χ2v) is 3.76. The molecule has 0 bridgehead atoms. The molecule has 0 saturated carbocycles. The van der Waals surface area contributed by atoms with E-state index in [2.05, 4.69) is 0 Å². The first-order valence-corrected chi connectivity index (χ1v) is 5.21. The van der Waals surface area contributed by atoms with Crippen molar-refractivity contribution in [2.75, 3.05) is 20.8 Å². The van der Waals surface area contributed by atoms with Crippen molar-refractivity contribution in [2.24, 2.45) is 0 Å². The van der Waals surface area contributed by atoms with Crippen molar-refractivity contribution in [1.82, 2.24) is 0 Å². The van der Waals surface area contributed by atoms with E-state index in [0.717, 1.165) is 0 Å². The molecule has 5 atom stereocenters. The highest BCUT2D eigenvalue weighted by Crippen LogP contribution is 2.23. The lowest BCUT2D eigenvalue weighted by Gasteiger charge is -2.40. The van der Waals surface area contributed by atoms with Crippen molar-refractivity contribution in [3.63, 3.8) is 0 Å². The van der Waals surface area contributed by atoms with Crippen LogP contribution >= 0.6 is 0 Å². The van der Waals surface area contributed by atoms with E-state index >= 15 is 0 Å². The van der Waals surface area contributed by atoms with Gasteiger partial charge in [-0.3, -0.25) is 4.79 Å². The highest BCUT2D eigenvalue weighted by Gasteiger charge is 2.45. The fourth-order valence-electron chi connectivity index (χ4n) is 1.73. The first kappa shape index (κ1) is 14.3. The van der Waals surface area contributed by atoms with Crippen LogP contribution in [0.4, 0.5) is 0 Å². The first-order chi connectivity index (χ1) is 8.01. The van der Waals surface area contributed by atoms with Gasteiger partial charge in [0.15, 0.2) is 6.29 Å². The summed E-state index contributed by atoms with van der Waals surface area (Å²) in [5.41, 5.74) is 0. The van der Waals surface area contributed by atoms with Gasteiger partial charge in [-0.15, -0.1) is 0 Å². The van der Waals surface area contributed by atoms with E-state index in [1.54, 1.807) is 0 Å². The molecule has 1 aliphatic rings. The van der Waals surface area contributed by atoms with Gasteiger partial charge in [-0.25, -0.2) is 0 Å². The third kappa shape index (κ3) is 3.36. The zero-order valence-corrected chi connectivity index (χ0v) is 10.0. The fraction of sp³-hybridized carbons (Fsp3) is 0.900. The molecule has 1 saturated heterocycles. The van der Waals surface area contributed by atoms with Crippen molar-refractivity contribution >= 4 is 5.97 Å². The Hall–Kier alpha value is -0.730. The van der Waals surface area contributed by atoms with Crippen molar-refractivity contribution in [2.45, 2.75) is 37.6 Å². The van der Waals surface area contributed by atoms with Crippen LogP contribution in [0.5, 0.6) is 0 Å². The van der Waals surface area contributed by atoms with Crippen LogP contribution in [0.3, 0.4) is 0 Å². The molecule has 2 unspecified atom stereocenters. The highest BCUT2D eigenvalue weighted by atomic mass is 16.7. The highest BCUT2D eigenvalue weighted by molar-refractivity contribution is 5.65. The molecule has 0 spiro atoms. The Bertz CT molecular complexity index is 257. The Morgan fingerprint density at radius 1 is 1.24 bits per heavy atom. The smallest absolute Gasteiger partial charge is 0.302 e. The topological polar surface area (TPSA) is 94.5 Å². The average molecular weight is 250 g/mol. The summed E-state index contributed by atoms with van der Waals surface area (Å²) in [6.45, 7) is 1.20. The van der Waals surface area contributed by atoms with Gasteiger partial charge >= 0.3 is 5.97 Å². The summed E-state index contributed by atoms with van der Waals surface area (Å²) < 4.78 is 20.0. The Balaban J connectivity index is 2.68. The number of hydrogen-bond donors (Lipinski definition) is 2. The van der Waals surface area contributed by atoms with Crippen LogP contribution in [0.25, 0.3) is 0 Å². The average Bonchev–Trinajstić information content (AvgIpc) is 2.30. The Kier molecular flexibility index (Phi) is 5.29. The van der Waals surface area contributed by atoms with Gasteiger partial charge in [-0.1, -0.05) is 0 Å². The van der Waals surface area contributed by atoms with E-state index in [1.165, 1.54) is 21.1 Å². The molecule has 2 N–H and O–H groups in total. The lowest BCUT2D eigenvalue weighted by Crippen LogP contribution is -2.59. The molecule has 0 aliphatic carbocycles. The van der Waals surface area contributed by atoms with E-state index in [9.17, 15) is 15.0 Å². The minimum atomic E-state index is -1.21. The zero-order valence-electron chi connectivity index (χ0n) is 10.0. The SMILES string of the molecule is CO[C@@H]1OC(COC(C)=O)[C@H](OC)[C@@H](O)C1O. The number of ether oxygens (including phenoxy) is 4. The second kappa shape index (κ2) is 6.27. The summed E-state index contributed by atoms with van der Waals surface area (Å²) in [6.07, 6.45) is -4.82. The Morgan fingerprint density at radius 2 is 1.88 bits per heavy atom. The molecule has 0 aromatic heterocycles. The summed E-state index contributed by atoms with van der Waals surface area (Å²) in [6, 6.07) is 0. The third-order valence-corrected chi connectivity index (χ3v) is 2.60. The number of esters is 1. The number of carbonyl (C=O) groups is 1. The van der Waals surface area contributed by atoms with Crippen LogP contribution < -0.4 is 0 Å². The maximum Gasteiger partial charge on any atom is 0.302 e. The van der Waals surface area contributed by atoms with Crippen LogP contribution in [0.15, 0.2) is 0 Å². The monoisotopic (exact) mass is 250 g/mol. The largest absolute Gasteiger partial charge is 0.463 e. The minimum Gasteiger partial charge on any atom is -0.463 e. The van der Waals surface area contributed by atoms with Gasteiger partial charge in [0.05, 0.1) is 0 Å².